The quantitative estimate of drug-likeness (QED) is 0.0369. The number of amides is 1. The van der Waals surface area contributed by atoms with Crippen LogP contribution in [-0.2, 0) is 20.9 Å². The van der Waals surface area contributed by atoms with Crippen molar-refractivity contribution in [2.45, 2.75) is 82.6 Å². The number of aliphatic hydroxyl groups is 2. The van der Waals surface area contributed by atoms with Crippen molar-refractivity contribution in [3.8, 4) is 11.5 Å². The van der Waals surface area contributed by atoms with Gasteiger partial charge in [-0.25, -0.2) is 4.79 Å². The Kier molecular flexibility index (Phi) is 16.4. The van der Waals surface area contributed by atoms with E-state index in [1.807, 2.05) is 25.1 Å². The smallest absolute Gasteiger partial charge is 0.410 e. The standard InChI is InChI=1S/C43H56ClN3O10/c1-4-20-46(42(50)54-25-19-44)39-28-37(45-56-29-30-13-15-32(16-14-30)47(51)52)35-26-31(11-7-9-21-48)34(12-8-10-22-49)40-36-27-33(53-23-5-2)17-18-38(36)57-43(39,41(35)40)55-24-6-3/h5-6,13-18,26-27,31,34,39-41,48-49H,2-4,7-12,19-25,28-29H2,1H3/t31-,34+,39-,40+,41+,43+/m0/s1. The molecule has 2 aliphatic carbocycles. The highest BCUT2D eigenvalue weighted by molar-refractivity contribution is 6.18. The second kappa shape index (κ2) is 21.4. The first-order chi connectivity index (χ1) is 27.8. The number of allylic oxidation sites excluding steroid dienone is 1. The highest BCUT2D eigenvalue weighted by Gasteiger charge is 2.65. The minimum Gasteiger partial charge on any atom is -0.490 e. The molecule has 1 heterocycles. The van der Waals surface area contributed by atoms with Crippen molar-refractivity contribution in [1.29, 1.82) is 0 Å². The summed E-state index contributed by atoms with van der Waals surface area (Å²) in [4.78, 5) is 32.6. The van der Waals surface area contributed by atoms with E-state index in [4.69, 9.17) is 40.5 Å². The van der Waals surface area contributed by atoms with E-state index in [0.717, 1.165) is 36.8 Å². The molecule has 5 rings (SSSR count). The number of alkyl halides is 1. The van der Waals surface area contributed by atoms with Crippen LogP contribution in [0.4, 0.5) is 10.5 Å². The number of nitrogens with zero attached hydrogens (tertiary/aromatic N) is 3. The van der Waals surface area contributed by atoms with Crippen LogP contribution >= 0.6 is 11.6 Å². The molecule has 2 aromatic rings. The lowest BCUT2D eigenvalue weighted by Crippen LogP contribution is -2.70. The van der Waals surface area contributed by atoms with Crippen LogP contribution in [0.25, 0.3) is 0 Å². The molecule has 1 aliphatic heterocycles. The molecule has 2 N–H and O–H groups in total. The molecule has 0 spiro atoms. The van der Waals surface area contributed by atoms with E-state index in [-0.39, 0.29) is 68.8 Å². The lowest BCUT2D eigenvalue weighted by Gasteiger charge is -2.59. The number of hydrogen-bond donors (Lipinski definition) is 2. The maximum Gasteiger partial charge on any atom is 0.410 e. The average Bonchev–Trinajstić information content (AvgIpc) is 3.22. The van der Waals surface area contributed by atoms with Crippen LogP contribution in [0, 0.1) is 27.9 Å². The van der Waals surface area contributed by atoms with E-state index in [2.05, 4.69) is 19.2 Å². The normalized spacial score (nSPS) is 24.0. The van der Waals surface area contributed by atoms with E-state index >= 15 is 0 Å². The first kappa shape index (κ1) is 43.7. The summed E-state index contributed by atoms with van der Waals surface area (Å²) in [5.41, 5.74) is 3.10. The first-order valence-electron chi connectivity index (χ1n) is 19.9. The Morgan fingerprint density at radius 1 is 1.09 bits per heavy atom. The van der Waals surface area contributed by atoms with E-state index in [1.54, 1.807) is 29.2 Å². The number of unbranched alkanes of at least 4 members (excludes halogenated alkanes) is 2. The maximum atomic E-state index is 14.0. The Morgan fingerprint density at radius 3 is 2.49 bits per heavy atom. The third-order valence-corrected chi connectivity index (χ3v) is 11.1. The van der Waals surface area contributed by atoms with Crippen molar-refractivity contribution < 1.29 is 43.7 Å². The predicted molar refractivity (Wildman–Crippen MR) is 218 cm³/mol. The number of halogens is 1. The van der Waals surface area contributed by atoms with Crippen LogP contribution in [0.5, 0.6) is 11.5 Å². The zero-order chi connectivity index (χ0) is 40.8. The van der Waals surface area contributed by atoms with Gasteiger partial charge in [0.1, 0.15) is 37.4 Å². The van der Waals surface area contributed by atoms with Gasteiger partial charge in [0.15, 0.2) is 0 Å². The molecule has 0 radical (unpaired) electrons. The van der Waals surface area contributed by atoms with Crippen LogP contribution in [-0.4, -0.2) is 89.1 Å². The summed E-state index contributed by atoms with van der Waals surface area (Å²) in [5, 5.41) is 35.7. The van der Waals surface area contributed by atoms with Gasteiger partial charge in [-0.2, -0.15) is 0 Å². The van der Waals surface area contributed by atoms with Crippen molar-refractivity contribution in [1.82, 2.24) is 4.90 Å². The van der Waals surface area contributed by atoms with Gasteiger partial charge in [0.05, 0.1) is 29.0 Å². The van der Waals surface area contributed by atoms with E-state index in [1.165, 1.54) is 12.1 Å². The Labute approximate surface area is 340 Å². The van der Waals surface area contributed by atoms with Crippen LogP contribution in [0.2, 0.25) is 0 Å². The van der Waals surface area contributed by atoms with Crippen LogP contribution in [0.15, 0.2) is 84.6 Å². The molecule has 0 aromatic heterocycles. The zero-order valence-electron chi connectivity index (χ0n) is 32.8. The Bertz CT molecular complexity index is 1740. The topological polar surface area (TPSA) is 162 Å². The molecule has 0 saturated heterocycles. The molecule has 13 nitrogen and oxygen atoms in total. The van der Waals surface area contributed by atoms with Crippen LogP contribution in [0.3, 0.4) is 0 Å². The number of nitro groups is 1. The number of carbonyl (C=O) groups excluding carboxylic acids is 1. The number of aliphatic hydroxyl groups excluding tert-OH is 2. The highest BCUT2D eigenvalue weighted by atomic mass is 35.5. The fourth-order valence-electron chi connectivity index (χ4n) is 8.62. The monoisotopic (exact) mass is 809 g/mol. The van der Waals surface area contributed by atoms with Gasteiger partial charge < -0.3 is 34.0 Å². The number of benzene rings is 2. The molecule has 14 heteroatoms. The van der Waals surface area contributed by atoms with E-state index < -0.39 is 28.8 Å². The van der Waals surface area contributed by atoms with Crippen molar-refractivity contribution in [2.24, 2.45) is 22.9 Å². The molecule has 6 atom stereocenters. The molecular weight excluding hydrogens is 754 g/mol. The summed E-state index contributed by atoms with van der Waals surface area (Å²) >= 11 is 5.99. The second-order valence-corrected chi connectivity index (χ2v) is 14.9. The third kappa shape index (κ3) is 10.2. The lowest BCUT2D eigenvalue weighted by molar-refractivity contribution is -0.384. The number of fused-ring (bicyclic) bond motifs is 2. The van der Waals surface area contributed by atoms with Gasteiger partial charge in [-0.3, -0.25) is 15.0 Å². The maximum absolute atomic E-state index is 14.0. The number of nitro benzene ring substituents is 1. The summed E-state index contributed by atoms with van der Waals surface area (Å²) in [6.07, 6.45) is 10.3. The summed E-state index contributed by atoms with van der Waals surface area (Å²) in [6, 6.07) is 11.2. The van der Waals surface area contributed by atoms with E-state index in [9.17, 15) is 25.1 Å². The SMILES string of the molecule is C=CCOc1ccc2c(c1)[C@H]1[C@H](CCCCO)[C@@H](CCCCO)C=C3C(=NOCc4ccc([N+](=O)[O-])cc4)C[C@H](N(CCC)C(=O)OCCCl)[C@@](OCC=C)(O2)[C@H]31. The molecule has 57 heavy (non-hydrogen) atoms. The Hall–Kier alpha value is -4.43. The van der Waals surface area contributed by atoms with Gasteiger partial charge in [0.2, 0.25) is 5.79 Å². The number of oxime groups is 1. The fourth-order valence-corrected chi connectivity index (χ4v) is 8.69. The average molecular weight is 810 g/mol. The van der Waals surface area contributed by atoms with Crippen molar-refractivity contribution >= 4 is 29.1 Å². The number of hydrogen-bond acceptors (Lipinski definition) is 11. The molecule has 0 unspecified atom stereocenters. The minimum atomic E-state index is -1.43. The van der Waals surface area contributed by atoms with Gasteiger partial charge in [0.25, 0.3) is 5.69 Å². The number of ether oxygens (including phenoxy) is 4. The Morgan fingerprint density at radius 2 is 1.82 bits per heavy atom. The number of carbonyl (C=O) groups is 1. The third-order valence-electron chi connectivity index (χ3n) is 10.9. The predicted octanol–water partition coefficient (Wildman–Crippen LogP) is 8.08. The van der Waals surface area contributed by atoms with Crippen molar-refractivity contribution in [3.63, 3.8) is 0 Å². The van der Waals surface area contributed by atoms with Gasteiger partial charge in [0, 0.05) is 49.8 Å². The van der Waals surface area contributed by atoms with Crippen LogP contribution < -0.4 is 9.47 Å². The molecule has 1 amide bonds. The summed E-state index contributed by atoms with van der Waals surface area (Å²) in [6.45, 7) is 10.8. The fraction of sp³-hybridized carbons (Fsp3) is 0.535. The first-order valence-corrected chi connectivity index (χ1v) is 20.5. The summed E-state index contributed by atoms with van der Waals surface area (Å²) in [5.74, 6) is -0.687. The molecule has 310 valence electrons. The second-order valence-electron chi connectivity index (χ2n) is 14.6. The number of non-ortho nitro benzene ring substituents is 1. The molecule has 1 saturated carbocycles. The summed E-state index contributed by atoms with van der Waals surface area (Å²) in [7, 11) is 0. The molecule has 0 bridgehead atoms. The van der Waals surface area contributed by atoms with Gasteiger partial charge in [-0.15, -0.1) is 18.2 Å². The largest absolute Gasteiger partial charge is 0.490 e. The Balaban J connectivity index is 1.74. The molecule has 3 aliphatic rings. The zero-order valence-corrected chi connectivity index (χ0v) is 33.5. The lowest BCUT2D eigenvalue weighted by atomic mass is 9.55. The number of rotatable bonds is 23. The minimum absolute atomic E-state index is 0.0178. The van der Waals surface area contributed by atoms with Gasteiger partial charge in [-0.05, 0) is 85.4 Å². The summed E-state index contributed by atoms with van der Waals surface area (Å²) < 4.78 is 25.9. The van der Waals surface area contributed by atoms with Gasteiger partial charge in [-0.1, -0.05) is 49.7 Å². The molecule has 1 fully saturated rings. The van der Waals surface area contributed by atoms with E-state index in [0.29, 0.717) is 55.2 Å². The van der Waals surface area contributed by atoms with Crippen LogP contribution in [0.1, 0.15) is 75.3 Å². The molecule has 2 aromatic carbocycles. The van der Waals surface area contributed by atoms with Crippen molar-refractivity contribution in [2.75, 3.05) is 45.5 Å². The highest BCUT2D eigenvalue weighted by Crippen LogP contribution is 2.62. The molecular formula is C43H56ClN3O10. The van der Waals surface area contributed by atoms with Gasteiger partial charge >= 0.3 is 6.09 Å². The van der Waals surface area contributed by atoms with Crippen molar-refractivity contribution in [3.05, 3.63) is 101 Å².